The smallest absolute Gasteiger partial charge is 0.262 e. The Labute approximate surface area is 191 Å². The highest BCUT2D eigenvalue weighted by Crippen LogP contribution is 2.26. The van der Waals surface area contributed by atoms with Crippen LogP contribution in [0.5, 0.6) is 0 Å². The fourth-order valence-electron chi connectivity index (χ4n) is 3.90. The van der Waals surface area contributed by atoms with Gasteiger partial charge in [-0.05, 0) is 31.0 Å². The molecule has 1 fully saturated rings. The van der Waals surface area contributed by atoms with Gasteiger partial charge in [0.2, 0.25) is 5.91 Å². The number of thioether (sulfide) groups is 1. The van der Waals surface area contributed by atoms with Gasteiger partial charge in [-0.15, -0.1) is 0 Å². The third-order valence-corrected chi connectivity index (χ3v) is 8.57. The van der Waals surface area contributed by atoms with E-state index in [0.717, 1.165) is 5.56 Å². The van der Waals surface area contributed by atoms with Crippen LogP contribution in [-0.4, -0.2) is 58.6 Å². The molecule has 3 aromatic rings. The van der Waals surface area contributed by atoms with Crippen LogP contribution in [0.4, 0.5) is 0 Å². The van der Waals surface area contributed by atoms with Crippen molar-refractivity contribution in [3.63, 3.8) is 0 Å². The number of fused-ring (bicyclic) bond motifs is 1. The molecule has 1 aliphatic rings. The fraction of sp³-hybridized carbons (Fsp3) is 0.348. The van der Waals surface area contributed by atoms with Crippen LogP contribution in [0.25, 0.3) is 10.9 Å². The molecule has 1 aliphatic heterocycles. The Morgan fingerprint density at radius 3 is 2.56 bits per heavy atom. The topological polar surface area (TPSA) is 89.3 Å². The van der Waals surface area contributed by atoms with Gasteiger partial charge < -0.3 is 4.90 Å². The minimum absolute atomic E-state index is 0.000430. The zero-order valence-corrected chi connectivity index (χ0v) is 19.6. The Morgan fingerprint density at radius 1 is 1.19 bits per heavy atom. The van der Waals surface area contributed by atoms with E-state index in [1.54, 1.807) is 30.7 Å². The first kappa shape index (κ1) is 22.5. The summed E-state index contributed by atoms with van der Waals surface area (Å²) in [5, 5.41) is 0.462. The monoisotopic (exact) mass is 471 g/mol. The van der Waals surface area contributed by atoms with Crippen LogP contribution < -0.4 is 5.56 Å². The third kappa shape index (κ3) is 4.73. The Balaban J connectivity index is 1.64. The largest absolute Gasteiger partial charge is 0.341 e. The Hall–Kier alpha value is -2.65. The summed E-state index contributed by atoms with van der Waals surface area (Å²) in [6, 6.07) is 16.5. The molecule has 1 saturated heterocycles. The zero-order chi connectivity index (χ0) is 22.9. The summed E-state index contributed by atoms with van der Waals surface area (Å²) in [7, 11) is -1.44. The van der Waals surface area contributed by atoms with Crippen molar-refractivity contribution >= 4 is 38.4 Å². The summed E-state index contributed by atoms with van der Waals surface area (Å²) in [5.74, 6) is -0.0649. The second kappa shape index (κ2) is 9.07. The number of carbonyl (C=O) groups excluding carboxylic acids is 1. The second-order valence-corrected chi connectivity index (χ2v) is 11.6. The molecule has 2 aromatic carbocycles. The lowest BCUT2D eigenvalue weighted by Gasteiger charge is -2.26. The molecule has 2 unspecified atom stereocenters. The molecular formula is C23H25N3O4S2. The molecule has 7 nitrogen and oxygen atoms in total. The first-order chi connectivity index (χ1) is 15.2. The maximum absolute atomic E-state index is 13.3. The lowest BCUT2D eigenvalue weighted by atomic mass is 10.2. The molecular weight excluding hydrogens is 446 g/mol. The van der Waals surface area contributed by atoms with Gasteiger partial charge in [-0.3, -0.25) is 14.2 Å². The maximum Gasteiger partial charge on any atom is 0.262 e. The standard InChI is InChI=1S/C23H25N3O4S2/c1-16(21(27)25(2)18-12-13-32(29,30)15-18)31-23-24-20-11-7-6-10-19(20)22(28)26(23)14-17-8-4-3-5-9-17/h3-11,16,18H,12-15H2,1-2H3. The van der Waals surface area contributed by atoms with E-state index in [1.165, 1.54) is 16.7 Å². The maximum atomic E-state index is 13.3. The van der Waals surface area contributed by atoms with Gasteiger partial charge in [-0.25, -0.2) is 13.4 Å². The summed E-state index contributed by atoms with van der Waals surface area (Å²) in [5.41, 5.74) is 1.39. The van der Waals surface area contributed by atoms with E-state index in [2.05, 4.69) is 0 Å². The Bertz CT molecular complexity index is 1310. The molecule has 1 aromatic heterocycles. The quantitative estimate of drug-likeness (QED) is 0.406. The van der Waals surface area contributed by atoms with Crippen molar-refractivity contribution in [1.29, 1.82) is 0 Å². The van der Waals surface area contributed by atoms with Gasteiger partial charge in [0.25, 0.3) is 5.56 Å². The SMILES string of the molecule is CC(Sc1nc2ccccc2c(=O)n1Cc1ccccc1)C(=O)N(C)C1CCS(=O)(=O)C1. The van der Waals surface area contributed by atoms with E-state index in [4.69, 9.17) is 4.98 Å². The number of hydrogen-bond acceptors (Lipinski definition) is 6. The van der Waals surface area contributed by atoms with Gasteiger partial charge in [-0.1, -0.05) is 54.2 Å². The number of hydrogen-bond donors (Lipinski definition) is 0. The van der Waals surface area contributed by atoms with Gasteiger partial charge in [0.05, 0.1) is 34.2 Å². The van der Waals surface area contributed by atoms with E-state index in [1.807, 2.05) is 42.5 Å². The second-order valence-electron chi connectivity index (χ2n) is 8.05. The number of sulfone groups is 1. The van der Waals surface area contributed by atoms with Crippen molar-refractivity contribution < 1.29 is 13.2 Å². The number of nitrogens with zero attached hydrogens (tertiary/aromatic N) is 3. The molecule has 0 bridgehead atoms. The minimum Gasteiger partial charge on any atom is -0.341 e. The minimum atomic E-state index is -3.09. The third-order valence-electron chi connectivity index (χ3n) is 5.74. The summed E-state index contributed by atoms with van der Waals surface area (Å²) in [4.78, 5) is 32.6. The average Bonchev–Trinajstić information content (AvgIpc) is 3.15. The Morgan fingerprint density at radius 2 is 1.88 bits per heavy atom. The van der Waals surface area contributed by atoms with Crippen LogP contribution in [0.15, 0.2) is 64.5 Å². The molecule has 4 rings (SSSR count). The molecule has 2 atom stereocenters. The number of amides is 1. The van der Waals surface area contributed by atoms with Gasteiger partial charge in [0.15, 0.2) is 15.0 Å². The highest BCUT2D eigenvalue weighted by molar-refractivity contribution is 8.00. The van der Waals surface area contributed by atoms with E-state index < -0.39 is 15.1 Å². The van der Waals surface area contributed by atoms with E-state index >= 15 is 0 Å². The predicted molar refractivity (Wildman–Crippen MR) is 127 cm³/mol. The fourth-order valence-corrected chi connectivity index (χ4v) is 6.68. The lowest BCUT2D eigenvalue weighted by Crippen LogP contribution is -2.42. The van der Waals surface area contributed by atoms with Crippen LogP contribution in [0.1, 0.15) is 18.9 Å². The summed E-state index contributed by atoms with van der Waals surface area (Å²) < 4.78 is 25.2. The van der Waals surface area contributed by atoms with Crippen molar-refractivity contribution in [2.75, 3.05) is 18.6 Å². The molecule has 0 saturated carbocycles. The number of aromatic nitrogens is 2. The molecule has 0 N–H and O–H groups in total. The van der Waals surface area contributed by atoms with Crippen LogP contribution >= 0.6 is 11.8 Å². The van der Waals surface area contributed by atoms with Crippen LogP contribution in [0, 0.1) is 0 Å². The van der Waals surface area contributed by atoms with E-state index in [9.17, 15) is 18.0 Å². The van der Waals surface area contributed by atoms with Crippen molar-refractivity contribution in [1.82, 2.24) is 14.5 Å². The predicted octanol–water partition coefficient (Wildman–Crippen LogP) is 2.57. The van der Waals surface area contributed by atoms with Crippen LogP contribution in [0.3, 0.4) is 0 Å². The average molecular weight is 472 g/mol. The molecule has 168 valence electrons. The van der Waals surface area contributed by atoms with Crippen molar-refractivity contribution in [3.05, 3.63) is 70.5 Å². The first-order valence-corrected chi connectivity index (χ1v) is 13.1. The van der Waals surface area contributed by atoms with Gasteiger partial charge >= 0.3 is 0 Å². The lowest BCUT2D eigenvalue weighted by molar-refractivity contribution is -0.130. The summed E-state index contributed by atoms with van der Waals surface area (Å²) in [6.07, 6.45) is 0.453. The van der Waals surface area contributed by atoms with Crippen molar-refractivity contribution in [2.45, 2.75) is 36.3 Å². The van der Waals surface area contributed by atoms with Gasteiger partial charge in [0.1, 0.15) is 0 Å². The highest BCUT2D eigenvalue weighted by atomic mass is 32.2. The van der Waals surface area contributed by atoms with Gasteiger partial charge in [0, 0.05) is 13.1 Å². The highest BCUT2D eigenvalue weighted by Gasteiger charge is 2.34. The molecule has 1 amide bonds. The first-order valence-electron chi connectivity index (χ1n) is 10.4. The number of benzene rings is 2. The number of rotatable bonds is 6. The zero-order valence-electron chi connectivity index (χ0n) is 18.0. The molecule has 9 heteroatoms. The summed E-state index contributed by atoms with van der Waals surface area (Å²) in [6.45, 7) is 2.11. The Kier molecular flexibility index (Phi) is 6.39. The van der Waals surface area contributed by atoms with E-state index in [0.29, 0.717) is 29.0 Å². The molecule has 2 heterocycles. The van der Waals surface area contributed by atoms with Crippen LogP contribution in [0.2, 0.25) is 0 Å². The number of carbonyl (C=O) groups is 1. The normalized spacial score (nSPS) is 18.5. The van der Waals surface area contributed by atoms with Gasteiger partial charge in [-0.2, -0.15) is 0 Å². The number of para-hydroxylation sites is 1. The van der Waals surface area contributed by atoms with Crippen molar-refractivity contribution in [3.8, 4) is 0 Å². The molecule has 32 heavy (non-hydrogen) atoms. The molecule has 0 radical (unpaired) electrons. The summed E-state index contributed by atoms with van der Waals surface area (Å²) >= 11 is 1.22. The van der Waals surface area contributed by atoms with E-state index in [-0.39, 0.29) is 29.0 Å². The molecule has 0 spiro atoms. The van der Waals surface area contributed by atoms with Crippen molar-refractivity contribution in [2.24, 2.45) is 0 Å². The molecule has 0 aliphatic carbocycles. The van der Waals surface area contributed by atoms with Crippen LogP contribution in [-0.2, 0) is 21.2 Å².